The van der Waals surface area contributed by atoms with Gasteiger partial charge in [-0.1, -0.05) is 24.0 Å². The highest BCUT2D eigenvalue weighted by Gasteiger charge is 2.08. The van der Waals surface area contributed by atoms with Crippen LogP contribution in [-0.2, 0) is 13.6 Å². The van der Waals surface area contributed by atoms with Crippen LogP contribution in [0, 0.1) is 11.8 Å². The number of hydrogen-bond acceptors (Lipinski definition) is 3. The fourth-order valence-electron chi connectivity index (χ4n) is 1.76. The van der Waals surface area contributed by atoms with Crippen LogP contribution in [0.1, 0.15) is 21.6 Å². The predicted octanol–water partition coefficient (Wildman–Crippen LogP) is 0.660. The number of aryl methyl sites for hydroxylation is 1. The average Bonchev–Trinajstić information content (AvgIpc) is 2.89. The van der Waals surface area contributed by atoms with E-state index < -0.39 is 0 Å². The summed E-state index contributed by atoms with van der Waals surface area (Å²) in [6.07, 6.45) is 3.14. The molecule has 0 atom stereocenters. The molecule has 2 rings (SSSR count). The Morgan fingerprint density at radius 1 is 1.50 bits per heavy atom. The molecule has 1 aromatic heterocycles. The van der Waals surface area contributed by atoms with E-state index in [1.165, 1.54) is 0 Å². The molecule has 1 amide bonds. The third kappa shape index (κ3) is 3.46. The Hall–Kier alpha value is -2.58. The topological polar surface area (TPSA) is 72.9 Å². The van der Waals surface area contributed by atoms with Crippen molar-refractivity contribution in [2.45, 2.75) is 6.54 Å². The van der Waals surface area contributed by atoms with Gasteiger partial charge in [-0.25, -0.2) is 4.98 Å². The zero-order chi connectivity index (χ0) is 14.4. The molecule has 1 heterocycles. The Kier molecular flexibility index (Phi) is 4.53. The summed E-state index contributed by atoms with van der Waals surface area (Å²) in [6.45, 7) is 0.781. The number of benzene rings is 1. The number of nitrogens with two attached hydrogens (primary N) is 1. The van der Waals surface area contributed by atoms with Crippen LogP contribution >= 0.6 is 0 Å². The van der Waals surface area contributed by atoms with Gasteiger partial charge in [0.25, 0.3) is 5.91 Å². The molecule has 0 fully saturated rings. The molecule has 0 aliphatic heterocycles. The van der Waals surface area contributed by atoms with Crippen LogP contribution in [-0.4, -0.2) is 22.0 Å². The maximum atomic E-state index is 11.9. The lowest BCUT2D eigenvalue weighted by molar-refractivity contribution is 0.0942. The van der Waals surface area contributed by atoms with Crippen molar-refractivity contribution in [1.82, 2.24) is 14.9 Å². The van der Waals surface area contributed by atoms with Gasteiger partial charge in [-0.2, -0.15) is 0 Å². The highest BCUT2D eigenvalue weighted by atomic mass is 16.1. The van der Waals surface area contributed by atoms with Crippen molar-refractivity contribution in [2.75, 3.05) is 6.54 Å². The second-order valence-electron chi connectivity index (χ2n) is 4.28. The molecule has 1 aromatic carbocycles. The molecular formula is C15H16N4O. The van der Waals surface area contributed by atoms with Crippen molar-refractivity contribution in [2.24, 2.45) is 12.8 Å². The number of nitrogens with zero attached hydrogens (tertiary/aromatic N) is 2. The van der Waals surface area contributed by atoms with E-state index in [4.69, 9.17) is 5.73 Å². The number of amides is 1. The number of imidazole rings is 1. The molecule has 0 radical (unpaired) electrons. The molecule has 0 spiro atoms. The molecule has 102 valence electrons. The van der Waals surface area contributed by atoms with Crippen molar-refractivity contribution in [3.8, 4) is 11.8 Å². The largest absolute Gasteiger partial charge is 0.347 e. The lowest BCUT2D eigenvalue weighted by atomic mass is 10.1. The van der Waals surface area contributed by atoms with E-state index in [0.29, 0.717) is 18.8 Å². The molecule has 0 aliphatic rings. The number of rotatable bonds is 3. The van der Waals surface area contributed by atoms with E-state index in [2.05, 4.69) is 22.1 Å². The molecule has 5 nitrogen and oxygen atoms in total. The number of nitrogens with one attached hydrogen (secondary N) is 1. The number of carbonyl (C=O) groups is 1. The number of carbonyl (C=O) groups excluding carboxylic acids is 1. The molecule has 2 aromatic rings. The minimum absolute atomic E-state index is 0.150. The highest BCUT2D eigenvalue weighted by molar-refractivity contribution is 5.92. The molecule has 5 heteroatoms. The summed E-state index contributed by atoms with van der Waals surface area (Å²) in [5.41, 5.74) is 7.76. The Balaban J connectivity index is 2.01. The summed E-state index contributed by atoms with van der Waals surface area (Å²) in [5, 5.41) is 2.85. The van der Waals surface area contributed by atoms with Gasteiger partial charge in [-0.05, 0) is 17.7 Å². The molecular weight excluding hydrogens is 252 g/mol. The second kappa shape index (κ2) is 6.55. The third-order valence-electron chi connectivity index (χ3n) is 2.76. The normalized spacial score (nSPS) is 9.70. The molecule has 0 aliphatic carbocycles. The van der Waals surface area contributed by atoms with Gasteiger partial charge in [-0.3, -0.25) is 4.79 Å². The van der Waals surface area contributed by atoms with Gasteiger partial charge < -0.3 is 15.6 Å². The van der Waals surface area contributed by atoms with Crippen LogP contribution in [0.4, 0.5) is 0 Å². The minimum atomic E-state index is -0.150. The smallest absolute Gasteiger partial charge is 0.269 e. The first-order valence-electron chi connectivity index (χ1n) is 6.23. The van der Waals surface area contributed by atoms with Crippen molar-refractivity contribution < 1.29 is 4.79 Å². The highest BCUT2D eigenvalue weighted by Crippen LogP contribution is 2.04. The van der Waals surface area contributed by atoms with Crippen LogP contribution in [0.15, 0.2) is 36.8 Å². The maximum Gasteiger partial charge on any atom is 0.269 e. The number of hydrogen-bond donors (Lipinski definition) is 2. The van der Waals surface area contributed by atoms with Gasteiger partial charge in [0.15, 0.2) is 0 Å². The Morgan fingerprint density at radius 2 is 2.35 bits per heavy atom. The zero-order valence-electron chi connectivity index (χ0n) is 11.3. The fraction of sp³-hybridized carbons (Fsp3) is 0.200. The first-order chi connectivity index (χ1) is 9.70. The fourth-order valence-corrected chi connectivity index (χ4v) is 1.76. The van der Waals surface area contributed by atoms with E-state index >= 15 is 0 Å². The van der Waals surface area contributed by atoms with Crippen LogP contribution < -0.4 is 11.1 Å². The van der Waals surface area contributed by atoms with Gasteiger partial charge in [0.1, 0.15) is 5.69 Å². The van der Waals surface area contributed by atoms with E-state index in [9.17, 15) is 4.79 Å². The molecule has 0 saturated carbocycles. The van der Waals surface area contributed by atoms with Gasteiger partial charge in [0, 0.05) is 19.2 Å². The van der Waals surface area contributed by atoms with E-state index in [0.717, 1.165) is 11.1 Å². The lowest BCUT2D eigenvalue weighted by Gasteiger charge is -2.06. The predicted molar refractivity (Wildman–Crippen MR) is 76.8 cm³/mol. The van der Waals surface area contributed by atoms with Gasteiger partial charge in [0.05, 0.1) is 19.1 Å². The first kappa shape index (κ1) is 13.8. The summed E-state index contributed by atoms with van der Waals surface area (Å²) < 4.78 is 1.68. The molecule has 20 heavy (non-hydrogen) atoms. The van der Waals surface area contributed by atoms with Crippen molar-refractivity contribution in [3.05, 3.63) is 53.6 Å². The lowest BCUT2D eigenvalue weighted by Crippen LogP contribution is -2.24. The Morgan fingerprint density at radius 3 is 3.05 bits per heavy atom. The molecule has 3 N–H and O–H groups in total. The Bertz CT molecular complexity index is 664. The summed E-state index contributed by atoms with van der Waals surface area (Å²) in [4.78, 5) is 15.9. The van der Waals surface area contributed by atoms with Crippen LogP contribution in [0.5, 0.6) is 0 Å². The monoisotopic (exact) mass is 268 g/mol. The van der Waals surface area contributed by atoms with Gasteiger partial charge in [0.2, 0.25) is 0 Å². The van der Waals surface area contributed by atoms with Crippen LogP contribution in [0.25, 0.3) is 0 Å². The van der Waals surface area contributed by atoms with Crippen molar-refractivity contribution in [1.29, 1.82) is 0 Å². The van der Waals surface area contributed by atoms with E-state index in [-0.39, 0.29) is 5.91 Å². The van der Waals surface area contributed by atoms with Gasteiger partial charge >= 0.3 is 0 Å². The van der Waals surface area contributed by atoms with Crippen molar-refractivity contribution in [3.63, 3.8) is 0 Å². The maximum absolute atomic E-state index is 11.9. The van der Waals surface area contributed by atoms with Crippen molar-refractivity contribution >= 4 is 5.91 Å². The van der Waals surface area contributed by atoms with E-state index in [1.54, 1.807) is 24.1 Å². The summed E-state index contributed by atoms with van der Waals surface area (Å²) in [7, 11) is 1.78. The van der Waals surface area contributed by atoms with Crippen LogP contribution in [0.2, 0.25) is 0 Å². The zero-order valence-corrected chi connectivity index (χ0v) is 11.3. The van der Waals surface area contributed by atoms with Gasteiger partial charge in [-0.15, -0.1) is 0 Å². The minimum Gasteiger partial charge on any atom is -0.347 e. The molecule has 0 unspecified atom stereocenters. The number of aromatic nitrogens is 2. The Labute approximate surface area is 117 Å². The quantitative estimate of drug-likeness (QED) is 0.803. The van der Waals surface area contributed by atoms with E-state index in [1.807, 2.05) is 24.3 Å². The molecule has 0 saturated heterocycles. The van der Waals surface area contributed by atoms with Crippen LogP contribution in [0.3, 0.4) is 0 Å². The average molecular weight is 268 g/mol. The molecule has 0 bridgehead atoms. The summed E-state index contributed by atoms with van der Waals surface area (Å²) in [6, 6.07) is 7.70. The third-order valence-corrected chi connectivity index (χ3v) is 2.76. The second-order valence-corrected chi connectivity index (χ2v) is 4.28. The first-order valence-corrected chi connectivity index (χ1v) is 6.23. The summed E-state index contributed by atoms with van der Waals surface area (Å²) >= 11 is 0. The summed E-state index contributed by atoms with van der Waals surface area (Å²) in [5.74, 6) is 5.62. The SMILES string of the molecule is Cn1cncc1C(=O)NCc1cccc(C#CCN)c1. The standard InChI is InChI=1S/C15H16N4O/c1-19-11-17-10-14(19)15(20)18-9-13-5-2-4-12(8-13)6-3-7-16/h2,4-5,8,10-11H,7,9,16H2,1H3,(H,18,20).